The first-order valence-corrected chi connectivity index (χ1v) is 8.01. The lowest BCUT2D eigenvalue weighted by molar-refractivity contribution is 0.0772. The van der Waals surface area contributed by atoms with Gasteiger partial charge >= 0.3 is 0 Å². The number of nitrogen functional groups attached to an aromatic ring is 1. The molecule has 2 N–H and O–H groups in total. The van der Waals surface area contributed by atoms with Gasteiger partial charge in [-0.15, -0.1) is 11.3 Å². The molecule has 1 aromatic heterocycles. The Labute approximate surface area is 119 Å². The summed E-state index contributed by atoms with van der Waals surface area (Å²) in [5.74, 6) is 1.25. The van der Waals surface area contributed by atoms with Crippen LogP contribution in [0.2, 0.25) is 0 Å². The minimum atomic E-state index is 0.112. The number of amides is 1. The number of fused-ring (bicyclic) bond motifs is 1. The second-order valence-electron chi connectivity index (χ2n) is 5.60. The third-order valence-corrected chi connectivity index (χ3v) is 5.15. The largest absolute Gasteiger partial charge is 0.390 e. The molecule has 0 bridgehead atoms. The summed E-state index contributed by atoms with van der Waals surface area (Å²) in [6, 6.07) is 0. The molecule has 19 heavy (non-hydrogen) atoms. The number of carbonyl (C=O) groups is 1. The number of carbonyl (C=O) groups excluding carboxylic acids is 1. The van der Waals surface area contributed by atoms with Crippen molar-refractivity contribution >= 4 is 22.2 Å². The van der Waals surface area contributed by atoms with Crippen LogP contribution in [0.4, 0.5) is 5.00 Å². The maximum atomic E-state index is 12.6. The maximum absolute atomic E-state index is 12.6. The quantitative estimate of drug-likeness (QED) is 0.921. The van der Waals surface area contributed by atoms with E-state index in [4.69, 9.17) is 5.73 Å². The molecule has 2 unspecified atom stereocenters. The zero-order chi connectivity index (χ0) is 14.2. The lowest BCUT2D eigenvalue weighted by Gasteiger charge is -2.26. The van der Waals surface area contributed by atoms with Crippen molar-refractivity contribution in [2.75, 3.05) is 18.8 Å². The smallest absolute Gasteiger partial charge is 0.257 e. The second-order valence-corrected chi connectivity index (χ2v) is 6.74. The van der Waals surface area contributed by atoms with Gasteiger partial charge in [-0.2, -0.15) is 0 Å². The Balaban J connectivity index is 2.45. The molecular formula is C15H24N2OS. The Kier molecular flexibility index (Phi) is 4.19. The minimum absolute atomic E-state index is 0.112. The Morgan fingerprint density at radius 2 is 2.00 bits per heavy atom. The molecule has 3 nitrogen and oxygen atoms in total. The average Bonchev–Trinajstić information content (AvgIpc) is 2.66. The minimum Gasteiger partial charge on any atom is -0.390 e. The van der Waals surface area contributed by atoms with E-state index in [-0.39, 0.29) is 5.91 Å². The Morgan fingerprint density at radius 3 is 2.58 bits per heavy atom. The Morgan fingerprint density at radius 1 is 1.37 bits per heavy atom. The van der Waals surface area contributed by atoms with E-state index in [0.717, 1.165) is 31.5 Å². The van der Waals surface area contributed by atoms with Crippen molar-refractivity contribution in [2.45, 2.75) is 46.5 Å². The van der Waals surface area contributed by atoms with Crippen LogP contribution in [-0.4, -0.2) is 23.9 Å². The number of thiophene rings is 1. The van der Waals surface area contributed by atoms with E-state index < -0.39 is 0 Å². The highest BCUT2D eigenvalue weighted by Gasteiger charge is 2.32. The van der Waals surface area contributed by atoms with Crippen LogP contribution in [-0.2, 0) is 6.42 Å². The lowest BCUT2D eigenvalue weighted by atomic mass is 9.81. The van der Waals surface area contributed by atoms with Crippen molar-refractivity contribution in [3.8, 4) is 0 Å². The molecule has 1 heterocycles. The van der Waals surface area contributed by atoms with Gasteiger partial charge in [-0.3, -0.25) is 4.79 Å². The Bertz CT molecular complexity index is 477. The van der Waals surface area contributed by atoms with Crippen LogP contribution >= 0.6 is 11.3 Å². The topological polar surface area (TPSA) is 46.3 Å². The fourth-order valence-corrected chi connectivity index (χ4v) is 4.54. The summed E-state index contributed by atoms with van der Waals surface area (Å²) in [4.78, 5) is 15.8. The SMILES string of the molecule is CCN(CC)C(=O)c1c(N)sc2c1C(C)CC(C)C2. The predicted molar refractivity (Wildman–Crippen MR) is 81.9 cm³/mol. The number of hydrogen-bond acceptors (Lipinski definition) is 3. The van der Waals surface area contributed by atoms with Gasteiger partial charge < -0.3 is 10.6 Å². The fourth-order valence-electron chi connectivity index (χ4n) is 3.19. The molecule has 1 amide bonds. The molecule has 2 atom stereocenters. The van der Waals surface area contributed by atoms with Crippen molar-refractivity contribution in [1.29, 1.82) is 0 Å². The Hall–Kier alpha value is -1.03. The molecule has 0 fully saturated rings. The summed E-state index contributed by atoms with van der Waals surface area (Å²) in [6.07, 6.45) is 2.22. The van der Waals surface area contributed by atoms with E-state index >= 15 is 0 Å². The van der Waals surface area contributed by atoms with Crippen LogP contribution in [0.25, 0.3) is 0 Å². The van der Waals surface area contributed by atoms with Gasteiger partial charge in [0.05, 0.1) is 10.6 Å². The molecule has 1 aliphatic carbocycles. The van der Waals surface area contributed by atoms with Crippen LogP contribution in [0.1, 0.15) is 60.8 Å². The summed E-state index contributed by atoms with van der Waals surface area (Å²) in [7, 11) is 0. The van der Waals surface area contributed by atoms with Crippen LogP contribution in [0.3, 0.4) is 0 Å². The molecule has 0 spiro atoms. The highest BCUT2D eigenvalue weighted by molar-refractivity contribution is 7.16. The summed E-state index contributed by atoms with van der Waals surface area (Å²) in [5, 5.41) is 0.711. The molecule has 1 aromatic rings. The standard InChI is InChI=1S/C15H24N2OS/c1-5-17(6-2)15(18)13-12-10(4)7-9(3)8-11(12)19-14(13)16/h9-10H,5-8,16H2,1-4H3. The zero-order valence-electron chi connectivity index (χ0n) is 12.3. The van der Waals surface area contributed by atoms with Crippen molar-refractivity contribution in [1.82, 2.24) is 4.90 Å². The highest BCUT2D eigenvalue weighted by atomic mass is 32.1. The molecule has 4 heteroatoms. The third-order valence-electron chi connectivity index (χ3n) is 4.10. The van der Waals surface area contributed by atoms with E-state index in [1.807, 2.05) is 18.7 Å². The predicted octanol–water partition coefficient (Wildman–Crippen LogP) is 3.50. The van der Waals surface area contributed by atoms with E-state index in [0.29, 0.717) is 16.8 Å². The molecule has 0 aromatic carbocycles. The van der Waals surface area contributed by atoms with Gasteiger partial charge in [-0.25, -0.2) is 0 Å². The molecule has 1 aliphatic rings. The summed E-state index contributed by atoms with van der Waals surface area (Å²) < 4.78 is 0. The number of rotatable bonds is 3. The summed E-state index contributed by atoms with van der Waals surface area (Å²) in [5.41, 5.74) is 8.18. The number of nitrogens with two attached hydrogens (primary N) is 1. The van der Waals surface area contributed by atoms with E-state index in [1.54, 1.807) is 11.3 Å². The molecule has 0 radical (unpaired) electrons. The van der Waals surface area contributed by atoms with E-state index in [2.05, 4.69) is 13.8 Å². The van der Waals surface area contributed by atoms with Crippen molar-refractivity contribution in [2.24, 2.45) is 5.92 Å². The normalized spacial score (nSPS) is 22.1. The van der Waals surface area contributed by atoms with Crippen molar-refractivity contribution in [3.63, 3.8) is 0 Å². The van der Waals surface area contributed by atoms with Gasteiger partial charge in [-0.05, 0) is 44.1 Å². The fraction of sp³-hybridized carbons (Fsp3) is 0.667. The van der Waals surface area contributed by atoms with Crippen LogP contribution in [0.5, 0.6) is 0 Å². The first-order valence-electron chi connectivity index (χ1n) is 7.19. The van der Waals surface area contributed by atoms with Gasteiger partial charge in [-0.1, -0.05) is 13.8 Å². The van der Waals surface area contributed by atoms with Crippen LogP contribution < -0.4 is 5.73 Å². The number of anilines is 1. The molecule has 0 saturated carbocycles. The highest BCUT2D eigenvalue weighted by Crippen LogP contribution is 2.44. The van der Waals surface area contributed by atoms with Gasteiger partial charge in [0.2, 0.25) is 0 Å². The molecule has 0 saturated heterocycles. The molecule has 106 valence electrons. The number of nitrogens with zero attached hydrogens (tertiary/aromatic N) is 1. The average molecular weight is 280 g/mol. The van der Waals surface area contributed by atoms with E-state index in [9.17, 15) is 4.79 Å². The van der Waals surface area contributed by atoms with Gasteiger partial charge in [0.25, 0.3) is 5.91 Å². The van der Waals surface area contributed by atoms with E-state index in [1.165, 1.54) is 10.4 Å². The second kappa shape index (κ2) is 5.53. The summed E-state index contributed by atoms with van der Waals surface area (Å²) >= 11 is 1.62. The lowest BCUT2D eigenvalue weighted by Crippen LogP contribution is -2.32. The number of hydrogen-bond donors (Lipinski definition) is 1. The summed E-state index contributed by atoms with van der Waals surface area (Å²) in [6.45, 7) is 10.0. The first kappa shape index (κ1) is 14.4. The van der Waals surface area contributed by atoms with Gasteiger partial charge in [0.1, 0.15) is 0 Å². The van der Waals surface area contributed by atoms with Crippen LogP contribution in [0, 0.1) is 5.92 Å². The first-order chi connectivity index (χ1) is 8.99. The van der Waals surface area contributed by atoms with Crippen molar-refractivity contribution in [3.05, 3.63) is 16.0 Å². The van der Waals surface area contributed by atoms with Gasteiger partial charge in [0, 0.05) is 18.0 Å². The molecule has 2 rings (SSSR count). The van der Waals surface area contributed by atoms with Crippen LogP contribution in [0.15, 0.2) is 0 Å². The monoisotopic (exact) mass is 280 g/mol. The molecule has 0 aliphatic heterocycles. The third kappa shape index (κ3) is 2.50. The molecular weight excluding hydrogens is 256 g/mol. The zero-order valence-corrected chi connectivity index (χ0v) is 13.1. The maximum Gasteiger partial charge on any atom is 0.257 e. The van der Waals surface area contributed by atoms with Crippen molar-refractivity contribution < 1.29 is 4.79 Å². The van der Waals surface area contributed by atoms with Gasteiger partial charge in [0.15, 0.2) is 0 Å².